The summed E-state index contributed by atoms with van der Waals surface area (Å²) in [6, 6.07) is 11.0. The van der Waals surface area contributed by atoms with Crippen molar-refractivity contribution in [2.45, 2.75) is 51.4 Å². The third kappa shape index (κ3) is 5.64. The lowest BCUT2D eigenvalue weighted by Crippen LogP contribution is -2.25. The van der Waals surface area contributed by atoms with Gasteiger partial charge in [0.05, 0.1) is 23.7 Å². The van der Waals surface area contributed by atoms with Gasteiger partial charge in [0.1, 0.15) is 5.82 Å². The minimum atomic E-state index is -0.578. The second-order valence-electron chi connectivity index (χ2n) is 8.87. The first-order chi connectivity index (χ1) is 17.5. The van der Waals surface area contributed by atoms with Crippen molar-refractivity contribution in [3.05, 3.63) is 76.4 Å². The molecule has 188 valence electrons. The summed E-state index contributed by atoms with van der Waals surface area (Å²) in [5.41, 5.74) is 7.27. The number of carbonyl (C=O) groups is 1. The van der Waals surface area contributed by atoms with Gasteiger partial charge in [-0.1, -0.05) is 37.5 Å². The van der Waals surface area contributed by atoms with Gasteiger partial charge in [0.15, 0.2) is 18.1 Å². The number of fused-ring (bicyclic) bond motifs is 1. The predicted octanol–water partition coefficient (Wildman–Crippen LogP) is 4.32. The summed E-state index contributed by atoms with van der Waals surface area (Å²) in [4.78, 5) is 29.6. The van der Waals surface area contributed by atoms with Crippen molar-refractivity contribution in [1.82, 2.24) is 9.66 Å². The van der Waals surface area contributed by atoms with Crippen molar-refractivity contribution in [3.63, 3.8) is 0 Å². The second kappa shape index (κ2) is 11.7. The van der Waals surface area contributed by atoms with Crippen molar-refractivity contribution in [2.24, 2.45) is 10.8 Å². The first-order valence-corrected chi connectivity index (χ1v) is 12.4. The smallest absolute Gasteiger partial charge is 0.282 e. The van der Waals surface area contributed by atoms with E-state index in [1.54, 1.807) is 24.4 Å². The van der Waals surface area contributed by atoms with E-state index in [9.17, 15) is 9.59 Å². The minimum Gasteiger partial charge on any atom is -0.490 e. The Morgan fingerprint density at radius 3 is 2.72 bits per heavy atom. The Hall–Kier alpha value is -3.94. The first-order valence-electron chi connectivity index (χ1n) is 12.4. The lowest BCUT2D eigenvalue weighted by atomic mass is 9.88. The molecule has 1 saturated carbocycles. The highest BCUT2D eigenvalue weighted by atomic mass is 16.5. The molecule has 8 nitrogen and oxygen atoms in total. The molecule has 0 spiro atoms. The zero-order chi connectivity index (χ0) is 25.5. The van der Waals surface area contributed by atoms with E-state index in [1.807, 2.05) is 31.2 Å². The van der Waals surface area contributed by atoms with E-state index in [4.69, 9.17) is 20.2 Å². The number of rotatable bonds is 10. The second-order valence-corrected chi connectivity index (χ2v) is 8.87. The summed E-state index contributed by atoms with van der Waals surface area (Å²) in [7, 11) is 0. The normalized spacial score (nSPS) is 14.2. The highest BCUT2D eigenvalue weighted by molar-refractivity contribution is 5.82. The van der Waals surface area contributed by atoms with Crippen LogP contribution in [0.2, 0.25) is 0 Å². The number of carbonyl (C=O) groups excluding carboxylic acids is 1. The van der Waals surface area contributed by atoms with Gasteiger partial charge in [-0.3, -0.25) is 9.59 Å². The fourth-order valence-electron chi connectivity index (χ4n) is 4.64. The van der Waals surface area contributed by atoms with Gasteiger partial charge >= 0.3 is 0 Å². The standard InChI is InChI=1S/C28H32N4O4/c1-3-10-21-15-19(16-24(35-4-2)26(21)36-18-25(29)33)17-30-32-27(20-11-6-5-7-12-20)31-23-14-9-8-13-22(23)28(32)34/h3,8-9,13-17,20H,1,4-7,10-12,18H2,2H3,(H2,29,33). The minimum absolute atomic E-state index is 0.185. The molecule has 8 heteroatoms. The molecule has 36 heavy (non-hydrogen) atoms. The monoisotopic (exact) mass is 488 g/mol. The number of nitrogens with zero attached hydrogens (tertiary/aromatic N) is 3. The predicted molar refractivity (Wildman–Crippen MR) is 141 cm³/mol. The van der Waals surface area contributed by atoms with Crippen molar-refractivity contribution >= 4 is 23.0 Å². The van der Waals surface area contributed by atoms with Crippen LogP contribution in [0.25, 0.3) is 10.9 Å². The first kappa shape index (κ1) is 25.2. The number of para-hydroxylation sites is 1. The van der Waals surface area contributed by atoms with Gasteiger partial charge < -0.3 is 15.2 Å². The van der Waals surface area contributed by atoms with Crippen LogP contribution in [0.3, 0.4) is 0 Å². The van der Waals surface area contributed by atoms with E-state index in [0.717, 1.165) is 36.8 Å². The molecule has 1 aromatic heterocycles. The molecular formula is C28H32N4O4. The van der Waals surface area contributed by atoms with E-state index in [0.29, 0.717) is 41.3 Å². The van der Waals surface area contributed by atoms with Crippen molar-refractivity contribution in [1.29, 1.82) is 0 Å². The fraction of sp³-hybridized carbons (Fsp3) is 0.357. The lowest BCUT2D eigenvalue weighted by Gasteiger charge is -2.22. The van der Waals surface area contributed by atoms with E-state index in [2.05, 4.69) is 11.7 Å². The number of benzene rings is 2. The third-order valence-corrected chi connectivity index (χ3v) is 6.25. The zero-order valence-electron chi connectivity index (χ0n) is 20.6. The van der Waals surface area contributed by atoms with E-state index in [1.165, 1.54) is 11.1 Å². The average Bonchev–Trinajstić information content (AvgIpc) is 2.88. The Bertz CT molecular complexity index is 1340. The number of hydrogen-bond acceptors (Lipinski definition) is 6. The molecule has 2 aromatic carbocycles. The Labute approximate surface area is 210 Å². The van der Waals surface area contributed by atoms with Gasteiger partial charge in [-0.15, -0.1) is 6.58 Å². The Morgan fingerprint density at radius 2 is 2.00 bits per heavy atom. The molecule has 0 radical (unpaired) electrons. The van der Waals surface area contributed by atoms with Crippen LogP contribution in [0.1, 0.15) is 61.9 Å². The Balaban J connectivity index is 1.80. The number of primary amides is 1. The summed E-state index contributed by atoms with van der Waals surface area (Å²) in [5.74, 6) is 1.22. The Morgan fingerprint density at radius 1 is 1.22 bits per heavy atom. The van der Waals surface area contributed by atoms with E-state index < -0.39 is 5.91 Å². The van der Waals surface area contributed by atoms with E-state index >= 15 is 0 Å². The SMILES string of the molecule is C=CCc1cc(C=Nn2c(C3CCCCC3)nc3ccccc3c2=O)cc(OCC)c1OCC(N)=O. The van der Waals surface area contributed by atoms with Crippen LogP contribution in [0.15, 0.2) is 58.9 Å². The largest absolute Gasteiger partial charge is 0.490 e. The van der Waals surface area contributed by atoms with Gasteiger partial charge in [-0.2, -0.15) is 9.78 Å². The van der Waals surface area contributed by atoms with Gasteiger partial charge in [-0.25, -0.2) is 4.98 Å². The summed E-state index contributed by atoms with van der Waals surface area (Å²) in [6.45, 7) is 5.82. The highest BCUT2D eigenvalue weighted by Crippen LogP contribution is 2.34. The molecule has 1 aliphatic carbocycles. The average molecular weight is 489 g/mol. The fourth-order valence-corrected chi connectivity index (χ4v) is 4.64. The number of allylic oxidation sites excluding steroid dienone is 1. The molecule has 0 unspecified atom stereocenters. The molecule has 0 aliphatic heterocycles. The molecule has 0 bridgehead atoms. The Kier molecular flexibility index (Phi) is 8.15. The van der Waals surface area contributed by atoms with Gasteiger partial charge in [0.25, 0.3) is 11.5 Å². The maximum absolute atomic E-state index is 13.5. The summed E-state index contributed by atoms with van der Waals surface area (Å²) >= 11 is 0. The number of amides is 1. The molecule has 1 fully saturated rings. The van der Waals surface area contributed by atoms with Crippen LogP contribution in [-0.2, 0) is 11.2 Å². The maximum Gasteiger partial charge on any atom is 0.282 e. The van der Waals surface area contributed by atoms with Gasteiger partial charge in [0.2, 0.25) is 0 Å². The molecule has 1 heterocycles. The van der Waals surface area contributed by atoms with Crippen LogP contribution in [-0.4, -0.2) is 35.0 Å². The number of aromatic nitrogens is 2. The van der Waals surface area contributed by atoms with Crippen molar-refractivity contribution in [2.75, 3.05) is 13.2 Å². The van der Waals surface area contributed by atoms with Crippen LogP contribution >= 0.6 is 0 Å². The van der Waals surface area contributed by atoms with Crippen molar-refractivity contribution < 1.29 is 14.3 Å². The summed E-state index contributed by atoms with van der Waals surface area (Å²) in [6.07, 6.45) is 9.28. The number of ether oxygens (including phenoxy) is 2. The summed E-state index contributed by atoms with van der Waals surface area (Å²) in [5, 5.41) is 5.16. The number of nitrogens with two attached hydrogens (primary N) is 1. The van der Waals surface area contributed by atoms with Crippen LogP contribution in [0.4, 0.5) is 0 Å². The molecule has 0 atom stereocenters. The van der Waals surface area contributed by atoms with Crippen LogP contribution in [0.5, 0.6) is 11.5 Å². The highest BCUT2D eigenvalue weighted by Gasteiger charge is 2.22. The molecule has 3 aromatic rings. The summed E-state index contributed by atoms with van der Waals surface area (Å²) < 4.78 is 12.9. The third-order valence-electron chi connectivity index (χ3n) is 6.25. The topological polar surface area (TPSA) is 109 Å². The molecule has 1 aliphatic rings. The quantitative estimate of drug-likeness (QED) is 0.338. The molecular weight excluding hydrogens is 456 g/mol. The number of hydrogen-bond donors (Lipinski definition) is 1. The lowest BCUT2D eigenvalue weighted by molar-refractivity contribution is -0.119. The maximum atomic E-state index is 13.5. The van der Waals surface area contributed by atoms with E-state index in [-0.39, 0.29) is 18.1 Å². The molecule has 4 rings (SSSR count). The van der Waals surface area contributed by atoms with Gasteiger partial charge in [0, 0.05) is 11.5 Å². The molecule has 0 saturated heterocycles. The van der Waals surface area contributed by atoms with Gasteiger partial charge in [-0.05, 0) is 56.0 Å². The van der Waals surface area contributed by atoms with Crippen molar-refractivity contribution in [3.8, 4) is 11.5 Å². The molecule has 2 N–H and O–H groups in total. The van der Waals surface area contributed by atoms with Crippen LogP contribution < -0.4 is 20.8 Å². The zero-order valence-corrected chi connectivity index (χ0v) is 20.6. The van der Waals surface area contributed by atoms with Crippen LogP contribution in [0, 0.1) is 0 Å². The molecule has 1 amide bonds.